The van der Waals surface area contributed by atoms with E-state index in [2.05, 4.69) is 20.2 Å². The highest BCUT2D eigenvalue weighted by Gasteiger charge is 2.54. The van der Waals surface area contributed by atoms with E-state index in [1.807, 2.05) is 0 Å². The summed E-state index contributed by atoms with van der Waals surface area (Å²) >= 11 is 0. The van der Waals surface area contributed by atoms with Crippen LogP contribution in [0.2, 0.25) is 0 Å². The maximum atomic E-state index is 12.7. The molecule has 1 saturated heterocycles. The second-order valence-electron chi connectivity index (χ2n) is 10.0. The number of methoxy groups -OCH3 is 2. The number of hydrogen-bond donors (Lipinski definition) is 2. The van der Waals surface area contributed by atoms with Gasteiger partial charge in [0.25, 0.3) is 5.56 Å². The molecule has 0 radical (unpaired) electrons. The number of aromatic nitrogens is 6. The predicted molar refractivity (Wildman–Crippen MR) is 146 cm³/mol. The molecule has 1 saturated carbocycles. The molecule has 3 aromatic heterocycles. The monoisotopic (exact) mass is 560 g/mol. The molecule has 1 aliphatic heterocycles. The molecule has 2 aliphatic rings. The third-order valence-electron chi connectivity index (χ3n) is 7.35. The molecule has 2 fully saturated rings. The number of hydrogen-bond acceptors (Lipinski definition) is 10. The number of rotatable bonds is 7. The van der Waals surface area contributed by atoms with Gasteiger partial charge in [-0.05, 0) is 18.9 Å². The zero-order chi connectivity index (χ0) is 28.7. The molecule has 4 heterocycles. The van der Waals surface area contributed by atoms with E-state index in [4.69, 9.17) is 19.9 Å². The number of anilines is 1. The number of ether oxygens (including phenoxy) is 3. The molecule has 14 nitrogen and oxygen atoms in total. The normalized spacial score (nSPS) is 17.4. The van der Waals surface area contributed by atoms with Gasteiger partial charge in [0.15, 0.2) is 5.82 Å². The van der Waals surface area contributed by atoms with Gasteiger partial charge >= 0.3 is 6.09 Å². The summed E-state index contributed by atoms with van der Waals surface area (Å²) in [7, 11) is 3.04. The van der Waals surface area contributed by atoms with Crippen molar-refractivity contribution in [1.29, 1.82) is 0 Å². The van der Waals surface area contributed by atoms with Gasteiger partial charge < -0.3 is 25.1 Å². The molecule has 212 valence electrons. The van der Waals surface area contributed by atoms with Crippen LogP contribution in [0.25, 0.3) is 28.3 Å². The van der Waals surface area contributed by atoms with Gasteiger partial charge in [0.1, 0.15) is 22.9 Å². The van der Waals surface area contributed by atoms with E-state index in [-0.39, 0.29) is 29.6 Å². The predicted octanol–water partition coefficient (Wildman–Crippen LogP) is 2.06. The third kappa shape index (κ3) is 5.04. The summed E-state index contributed by atoms with van der Waals surface area (Å²) in [6, 6.07) is 7.92. The SMILES string of the molecule is COc1cc(OC)cc(-n2nc(-c3nc(-c4cnn(CC5CN(C(=O)O)C6(CC6)CO5)c4)cnc3N)ccc2=O)c1. The van der Waals surface area contributed by atoms with Gasteiger partial charge in [-0.1, -0.05) is 0 Å². The molecule has 1 atom stereocenters. The van der Waals surface area contributed by atoms with E-state index in [1.54, 1.807) is 35.3 Å². The number of carbonyl (C=O) groups is 1. The molecule has 3 N–H and O–H groups in total. The van der Waals surface area contributed by atoms with Crippen LogP contribution in [0.3, 0.4) is 0 Å². The molecule has 6 rings (SSSR count). The van der Waals surface area contributed by atoms with Crippen LogP contribution in [0.5, 0.6) is 11.5 Å². The van der Waals surface area contributed by atoms with Crippen molar-refractivity contribution in [3.8, 4) is 39.8 Å². The van der Waals surface area contributed by atoms with E-state index in [9.17, 15) is 14.7 Å². The lowest BCUT2D eigenvalue weighted by Gasteiger charge is -2.38. The zero-order valence-corrected chi connectivity index (χ0v) is 22.4. The van der Waals surface area contributed by atoms with Crippen molar-refractivity contribution in [2.24, 2.45) is 0 Å². The first kappa shape index (κ1) is 26.3. The van der Waals surface area contributed by atoms with E-state index in [0.717, 1.165) is 12.8 Å². The standard InChI is InChI=1S/C27H28N8O6/c1-39-18-7-17(8-19(9-18)40-2)35-23(36)4-3-21(32-35)24-25(28)29-11-22(31-24)16-10-30-33(12-16)13-20-14-34(26(37)38)27(5-6-27)15-41-20/h3-4,7-12,20H,5-6,13-15H2,1-2H3,(H2,28,29)(H,37,38). The fourth-order valence-electron chi connectivity index (χ4n) is 4.92. The molecule has 1 amide bonds. The van der Waals surface area contributed by atoms with Crippen molar-refractivity contribution < 1.29 is 24.1 Å². The van der Waals surface area contributed by atoms with E-state index < -0.39 is 6.09 Å². The van der Waals surface area contributed by atoms with Crippen molar-refractivity contribution in [1.82, 2.24) is 34.4 Å². The molecule has 41 heavy (non-hydrogen) atoms. The van der Waals surface area contributed by atoms with E-state index in [0.29, 0.717) is 53.0 Å². The fraction of sp³-hybridized carbons (Fsp3) is 0.333. The second-order valence-corrected chi connectivity index (χ2v) is 10.0. The molecule has 0 bridgehead atoms. The van der Waals surface area contributed by atoms with Crippen LogP contribution in [0.15, 0.2) is 53.7 Å². The third-order valence-corrected chi connectivity index (χ3v) is 7.35. The Bertz CT molecular complexity index is 1660. The Labute approximate surface area is 233 Å². The lowest BCUT2D eigenvalue weighted by Crippen LogP contribution is -2.54. The first-order valence-corrected chi connectivity index (χ1v) is 12.9. The Morgan fingerprint density at radius 2 is 1.90 bits per heavy atom. The molecule has 14 heteroatoms. The summed E-state index contributed by atoms with van der Waals surface area (Å²) < 4.78 is 19.5. The van der Waals surface area contributed by atoms with Gasteiger partial charge in [0, 0.05) is 36.0 Å². The minimum absolute atomic E-state index is 0.139. The van der Waals surface area contributed by atoms with Gasteiger partial charge in [-0.2, -0.15) is 14.9 Å². The average molecular weight is 561 g/mol. The Balaban J connectivity index is 1.26. The molecule has 1 unspecified atom stereocenters. The van der Waals surface area contributed by atoms with Crippen LogP contribution in [-0.4, -0.2) is 84.6 Å². The van der Waals surface area contributed by atoms with Crippen LogP contribution >= 0.6 is 0 Å². The zero-order valence-electron chi connectivity index (χ0n) is 22.4. The molecule has 1 aromatic carbocycles. The Morgan fingerprint density at radius 3 is 2.59 bits per heavy atom. The van der Waals surface area contributed by atoms with Gasteiger partial charge in [-0.25, -0.2) is 14.8 Å². The molecular weight excluding hydrogens is 532 g/mol. The summed E-state index contributed by atoms with van der Waals surface area (Å²) in [4.78, 5) is 35.0. The summed E-state index contributed by atoms with van der Waals surface area (Å²) in [5.74, 6) is 1.14. The number of benzene rings is 1. The maximum Gasteiger partial charge on any atom is 0.407 e. The number of carboxylic acid groups (broad SMARTS) is 1. The Morgan fingerprint density at radius 1 is 1.15 bits per heavy atom. The molecule has 1 spiro atoms. The molecule has 4 aromatic rings. The minimum Gasteiger partial charge on any atom is -0.497 e. The number of amides is 1. The smallest absolute Gasteiger partial charge is 0.407 e. The summed E-state index contributed by atoms with van der Waals surface area (Å²) in [6.07, 6.45) is 5.37. The van der Waals surface area contributed by atoms with E-state index >= 15 is 0 Å². The minimum atomic E-state index is -0.924. The van der Waals surface area contributed by atoms with Crippen molar-refractivity contribution >= 4 is 11.9 Å². The van der Waals surface area contributed by atoms with E-state index in [1.165, 1.54) is 42.1 Å². The summed E-state index contributed by atoms with van der Waals surface area (Å²) in [6.45, 7) is 1.06. The summed E-state index contributed by atoms with van der Waals surface area (Å²) in [5, 5.41) is 18.5. The first-order chi connectivity index (χ1) is 19.8. The van der Waals surface area contributed by atoms with Gasteiger partial charge in [0.05, 0.1) is 69.3 Å². The second kappa shape index (κ2) is 10.2. The van der Waals surface area contributed by atoms with Crippen LogP contribution in [0, 0.1) is 0 Å². The topological polar surface area (TPSA) is 173 Å². The van der Waals surface area contributed by atoms with Crippen LogP contribution in [0.4, 0.5) is 10.6 Å². The molecule has 1 aliphatic carbocycles. The Hall–Kier alpha value is -4.98. The Kier molecular flexibility index (Phi) is 6.53. The van der Waals surface area contributed by atoms with Crippen molar-refractivity contribution in [3.63, 3.8) is 0 Å². The fourth-order valence-corrected chi connectivity index (χ4v) is 4.92. The number of nitrogens with zero attached hydrogens (tertiary/aromatic N) is 7. The van der Waals surface area contributed by atoms with Crippen molar-refractivity contribution in [3.05, 3.63) is 59.3 Å². The largest absolute Gasteiger partial charge is 0.497 e. The van der Waals surface area contributed by atoms with Gasteiger partial charge in [-0.3, -0.25) is 14.4 Å². The van der Waals surface area contributed by atoms with Crippen molar-refractivity contribution in [2.75, 3.05) is 33.1 Å². The van der Waals surface area contributed by atoms with Crippen LogP contribution < -0.4 is 20.8 Å². The average Bonchev–Trinajstić information content (AvgIpc) is 3.60. The highest BCUT2D eigenvalue weighted by molar-refractivity contribution is 5.70. The summed E-state index contributed by atoms with van der Waals surface area (Å²) in [5.41, 5.74) is 7.70. The quantitative estimate of drug-likeness (QED) is 0.339. The molecular formula is C27H28N8O6. The first-order valence-electron chi connectivity index (χ1n) is 12.9. The van der Waals surface area contributed by atoms with Crippen molar-refractivity contribution in [2.45, 2.75) is 31.0 Å². The lowest BCUT2D eigenvalue weighted by molar-refractivity contribution is -0.0704. The van der Waals surface area contributed by atoms with Crippen LogP contribution in [0.1, 0.15) is 12.8 Å². The van der Waals surface area contributed by atoms with Gasteiger partial charge in [-0.15, -0.1) is 0 Å². The van der Waals surface area contributed by atoms with Crippen LogP contribution in [-0.2, 0) is 11.3 Å². The maximum absolute atomic E-state index is 12.7. The highest BCUT2D eigenvalue weighted by Crippen LogP contribution is 2.44. The number of nitrogen functional groups attached to an aromatic ring is 1. The number of morpholine rings is 1. The number of nitrogens with two attached hydrogens (primary N) is 1. The lowest BCUT2D eigenvalue weighted by atomic mass is 10.1. The highest BCUT2D eigenvalue weighted by atomic mass is 16.5. The van der Waals surface area contributed by atoms with Gasteiger partial charge in [0.2, 0.25) is 0 Å².